The highest BCUT2D eigenvalue weighted by atomic mass is 16.5. The minimum Gasteiger partial charge on any atom is -0.497 e. The molecule has 3 rings (SSSR count). The fraction of sp³-hybridized carbons (Fsp3) is 0.562. The van der Waals surface area contributed by atoms with E-state index >= 15 is 0 Å². The van der Waals surface area contributed by atoms with Crippen LogP contribution in [0, 0.1) is 5.92 Å². The van der Waals surface area contributed by atoms with E-state index in [4.69, 9.17) is 9.47 Å². The molecule has 2 heterocycles. The molecule has 1 fully saturated rings. The van der Waals surface area contributed by atoms with Crippen LogP contribution in [-0.4, -0.2) is 51.2 Å². The summed E-state index contributed by atoms with van der Waals surface area (Å²) in [6.45, 7) is 3.32. The van der Waals surface area contributed by atoms with Crippen LogP contribution in [0.1, 0.15) is 12.8 Å². The van der Waals surface area contributed by atoms with Gasteiger partial charge in [-0.1, -0.05) is 0 Å². The Morgan fingerprint density at radius 2 is 2.24 bits per heavy atom. The minimum atomic E-state index is 0.255. The number of benzene rings is 1. The SMILES string of the molecule is COc1ccc2c(c1)N(CC1CCN(C)C(=O)C1)CCO2. The van der Waals surface area contributed by atoms with Crippen molar-refractivity contribution < 1.29 is 14.3 Å². The molecule has 1 atom stereocenters. The Morgan fingerprint density at radius 3 is 3.00 bits per heavy atom. The second kappa shape index (κ2) is 5.84. The Hall–Kier alpha value is -1.91. The van der Waals surface area contributed by atoms with E-state index in [1.54, 1.807) is 7.11 Å². The molecule has 2 aliphatic rings. The summed E-state index contributed by atoms with van der Waals surface area (Å²) in [4.78, 5) is 16.0. The maximum absolute atomic E-state index is 11.9. The molecule has 0 saturated carbocycles. The third-order valence-corrected chi connectivity index (χ3v) is 4.37. The molecule has 0 N–H and O–H groups in total. The van der Waals surface area contributed by atoms with Crippen molar-refractivity contribution in [2.24, 2.45) is 5.92 Å². The standard InChI is InChI=1S/C16H22N2O3/c1-17-6-5-12(9-16(17)19)11-18-7-8-21-15-4-3-13(20-2)10-14(15)18/h3-4,10,12H,5-9,11H2,1-2H3. The largest absolute Gasteiger partial charge is 0.497 e. The summed E-state index contributed by atoms with van der Waals surface area (Å²) in [7, 11) is 3.55. The third kappa shape index (κ3) is 2.91. The van der Waals surface area contributed by atoms with E-state index < -0.39 is 0 Å². The Balaban J connectivity index is 1.74. The summed E-state index contributed by atoms with van der Waals surface area (Å²) < 4.78 is 11.0. The van der Waals surface area contributed by atoms with E-state index in [0.29, 0.717) is 18.9 Å². The molecule has 2 aliphatic heterocycles. The van der Waals surface area contributed by atoms with E-state index in [0.717, 1.165) is 43.2 Å². The van der Waals surface area contributed by atoms with Gasteiger partial charge in [0.25, 0.3) is 0 Å². The van der Waals surface area contributed by atoms with Crippen LogP contribution in [0.15, 0.2) is 18.2 Å². The number of likely N-dealkylation sites (tertiary alicyclic amines) is 1. The van der Waals surface area contributed by atoms with Gasteiger partial charge in [0.2, 0.25) is 5.91 Å². The van der Waals surface area contributed by atoms with Crippen molar-refractivity contribution in [3.8, 4) is 11.5 Å². The molecular formula is C16H22N2O3. The summed E-state index contributed by atoms with van der Waals surface area (Å²) in [5.41, 5.74) is 1.08. The van der Waals surface area contributed by atoms with Crippen LogP contribution in [0.4, 0.5) is 5.69 Å². The lowest BCUT2D eigenvalue weighted by molar-refractivity contribution is -0.133. The predicted molar refractivity (Wildman–Crippen MR) is 81.1 cm³/mol. The fourth-order valence-electron chi connectivity index (χ4n) is 3.04. The summed E-state index contributed by atoms with van der Waals surface area (Å²) in [5.74, 6) is 2.42. The van der Waals surface area contributed by atoms with Crippen LogP contribution in [0.2, 0.25) is 0 Å². The number of fused-ring (bicyclic) bond motifs is 1. The van der Waals surface area contributed by atoms with Crippen LogP contribution in [-0.2, 0) is 4.79 Å². The highest BCUT2D eigenvalue weighted by molar-refractivity contribution is 5.77. The first-order valence-electron chi connectivity index (χ1n) is 7.47. The number of piperidine rings is 1. The molecule has 1 aromatic carbocycles. The first kappa shape index (κ1) is 14.0. The number of nitrogens with zero attached hydrogens (tertiary/aromatic N) is 2. The summed E-state index contributed by atoms with van der Waals surface area (Å²) >= 11 is 0. The lowest BCUT2D eigenvalue weighted by Gasteiger charge is -2.36. The van der Waals surface area contributed by atoms with Crippen LogP contribution in [0.3, 0.4) is 0 Å². The highest BCUT2D eigenvalue weighted by Gasteiger charge is 2.27. The van der Waals surface area contributed by atoms with Crippen molar-refractivity contribution in [1.29, 1.82) is 0 Å². The number of rotatable bonds is 3. The van der Waals surface area contributed by atoms with Crippen molar-refractivity contribution in [3.05, 3.63) is 18.2 Å². The monoisotopic (exact) mass is 290 g/mol. The van der Waals surface area contributed by atoms with Gasteiger partial charge in [0.1, 0.15) is 18.1 Å². The molecule has 21 heavy (non-hydrogen) atoms. The quantitative estimate of drug-likeness (QED) is 0.851. The molecule has 0 bridgehead atoms. The van der Waals surface area contributed by atoms with Gasteiger partial charge in [0.05, 0.1) is 19.3 Å². The first-order chi connectivity index (χ1) is 10.2. The molecule has 114 valence electrons. The summed E-state index contributed by atoms with van der Waals surface area (Å²) in [6, 6.07) is 5.90. The normalized spacial score (nSPS) is 21.8. The molecule has 0 aromatic heterocycles. The summed E-state index contributed by atoms with van der Waals surface area (Å²) in [6.07, 6.45) is 1.71. The van der Waals surface area contributed by atoms with Gasteiger partial charge >= 0.3 is 0 Å². The van der Waals surface area contributed by atoms with Gasteiger partial charge in [-0.05, 0) is 24.5 Å². The van der Waals surface area contributed by atoms with E-state index in [9.17, 15) is 4.79 Å². The lowest BCUT2D eigenvalue weighted by atomic mass is 9.95. The maximum atomic E-state index is 11.9. The Kier molecular flexibility index (Phi) is 3.90. The molecule has 5 nitrogen and oxygen atoms in total. The number of carbonyl (C=O) groups excluding carboxylic acids is 1. The second-order valence-electron chi connectivity index (χ2n) is 5.80. The van der Waals surface area contributed by atoms with E-state index in [-0.39, 0.29) is 5.91 Å². The van der Waals surface area contributed by atoms with Gasteiger partial charge in [-0.25, -0.2) is 0 Å². The molecule has 1 aromatic rings. The van der Waals surface area contributed by atoms with E-state index in [2.05, 4.69) is 4.90 Å². The number of methoxy groups -OCH3 is 1. The second-order valence-corrected chi connectivity index (χ2v) is 5.80. The molecule has 0 spiro atoms. The Labute approximate surface area is 125 Å². The number of ether oxygens (including phenoxy) is 2. The zero-order valence-electron chi connectivity index (χ0n) is 12.7. The van der Waals surface area contributed by atoms with E-state index in [1.165, 1.54) is 0 Å². The maximum Gasteiger partial charge on any atom is 0.222 e. The zero-order valence-corrected chi connectivity index (χ0v) is 12.7. The predicted octanol–water partition coefficient (Wildman–Crippen LogP) is 1.76. The van der Waals surface area contributed by atoms with Crippen LogP contribution in [0.25, 0.3) is 0 Å². The van der Waals surface area contributed by atoms with E-state index in [1.807, 2.05) is 30.1 Å². The first-order valence-corrected chi connectivity index (χ1v) is 7.47. The number of hydrogen-bond donors (Lipinski definition) is 0. The number of amides is 1. The minimum absolute atomic E-state index is 0.255. The van der Waals surface area contributed by atoms with Gasteiger partial charge in [0.15, 0.2) is 0 Å². The number of hydrogen-bond acceptors (Lipinski definition) is 4. The topological polar surface area (TPSA) is 42.0 Å². The zero-order chi connectivity index (χ0) is 14.8. The smallest absolute Gasteiger partial charge is 0.222 e. The van der Waals surface area contributed by atoms with Crippen molar-refractivity contribution in [3.63, 3.8) is 0 Å². The average molecular weight is 290 g/mol. The van der Waals surface area contributed by atoms with Crippen LogP contribution >= 0.6 is 0 Å². The molecule has 0 aliphatic carbocycles. The Bertz CT molecular complexity index is 532. The highest BCUT2D eigenvalue weighted by Crippen LogP contribution is 2.36. The molecule has 1 amide bonds. The van der Waals surface area contributed by atoms with Gasteiger partial charge < -0.3 is 19.3 Å². The van der Waals surface area contributed by atoms with Crippen molar-refractivity contribution in [1.82, 2.24) is 4.90 Å². The number of anilines is 1. The summed E-state index contributed by atoms with van der Waals surface area (Å²) in [5, 5.41) is 0. The Morgan fingerprint density at radius 1 is 1.38 bits per heavy atom. The van der Waals surface area contributed by atoms with Gasteiger partial charge in [0, 0.05) is 32.6 Å². The molecule has 1 saturated heterocycles. The third-order valence-electron chi connectivity index (χ3n) is 4.37. The van der Waals surface area contributed by atoms with Crippen LogP contribution in [0.5, 0.6) is 11.5 Å². The van der Waals surface area contributed by atoms with Gasteiger partial charge in [-0.2, -0.15) is 0 Å². The number of carbonyl (C=O) groups is 1. The van der Waals surface area contributed by atoms with Crippen molar-refractivity contribution in [2.75, 3.05) is 45.3 Å². The van der Waals surface area contributed by atoms with Crippen molar-refractivity contribution >= 4 is 11.6 Å². The fourth-order valence-corrected chi connectivity index (χ4v) is 3.04. The van der Waals surface area contributed by atoms with Gasteiger partial charge in [-0.3, -0.25) is 4.79 Å². The lowest BCUT2D eigenvalue weighted by Crippen LogP contribution is -2.42. The van der Waals surface area contributed by atoms with Crippen LogP contribution < -0.4 is 14.4 Å². The van der Waals surface area contributed by atoms with Gasteiger partial charge in [-0.15, -0.1) is 0 Å². The molecule has 1 unspecified atom stereocenters. The molecule has 0 radical (unpaired) electrons. The molecule has 5 heteroatoms. The average Bonchev–Trinajstić information content (AvgIpc) is 2.51. The molecular weight excluding hydrogens is 268 g/mol. The van der Waals surface area contributed by atoms with Crippen molar-refractivity contribution in [2.45, 2.75) is 12.8 Å².